The molecular weight excluding hydrogens is 120 g/mol. The SMILES string of the molecule is CC12[CH+]CC(CC1)C2(C)C. The first-order chi connectivity index (χ1) is 4.56. The van der Waals surface area contributed by atoms with E-state index in [1.54, 1.807) is 0 Å². The Hall–Kier alpha value is -0.130. The van der Waals surface area contributed by atoms with Gasteiger partial charge in [-0.15, -0.1) is 0 Å². The van der Waals surface area contributed by atoms with Crippen LogP contribution in [0, 0.1) is 23.2 Å². The van der Waals surface area contributed by atoms with Gasteiger partial charge in [0.05, 0.1) is 12.8 Å². The van der Waals surface area contributed by atoms with Crippen LogP contribution in [0.4, 0.5) is 0 Å². The van der Waals surface area contributed by atoms with E-state index in [1.165, 1.54) is 19.3 Å². The van der Waals surface area contributed by atoms with E-state index >= 15 is 0 Å². The fourth-order valence-corrected chi connectivity index (χ4v) is 2.80. The Morgan fingerprint density at radius 3 is 2.10 bits per heavy atom. The van der Waals surface area contributed by atoms with Crippen molar-refractivity contribution < 1.29 is 0 Å². The molecule has 0 amide bonds. The lowest BCUT2D eigenvalue weighted by molar-refractivity contribution is 0.177. The van der Waals surface area contributed by atoms with Gasteiger partial charge in [-0.25, -0.2) is 0 Å². The summed E-state index contributed by atoms with van der Waals surface area (Å²) in [6.45, 7) is 7.31. The molecule has 2 rings (SSSR count). The normalized spacial score (nSPS) is 49.3. The van der Waals surface area contributed by atoms with Crippen LogP contribution < -0.4 is 0 Å². The van der Waals surface area contributed by atoms with Gasteiger partial charge in [0.2, 0.25) is 0 Å². The molecule has 2 bridgehead atoms. The van der Waals surface area contributed by atoms with Crippen LogP contribution in [0.25, 0.3) is 0 Å². The minimum absolute atomic E-state index is 0.581. The Balaban J connectivity index is 2.37. The lowest BCUT2D eigenvalue weighted by atomic mass is 9.71. The van der Waals surface area contributed by atoms with Crippen LogP contribution in [0.2, 0.25) is 0 Å². The third-order valence-corrected chi connectivity index (χ3v) is 4.36. The summed E-state index contributed by atoms with van der Waals surface area (Å²) >= 11 is 0. The lowest BCUT2D eigenvalue weighted by Crippen LogP contribution is -2.26. The monoisotopic (exact) mass is 137 g/mol. The second-order valence-corrected chi connectivity index (χ2v) is 4.81. The van der Waals surface area contributed by atoms with Crippen LogP contribution in [0.3, 0.4) is 0 Å². The molecule has 0 aliphatic heterocycles. The van der Waals surface area contributed by atoms with E-state index < -0.39 is 0 Å². The second kappa shape index (κ2) is 1.54. The molecule has 2 atom stereocenters. The molecule has 2 aliphatic carbocycles. The molecule has 2 saturated carbocycles. The van der Waals surface area contributed by atoms with E-state index in [-0.39, 0.29) is 0 Å². The van der Waals surface area contributed by atoms with Crippen LogP contribution in [-0.4, -0.2) is 0 Å². The Morgan fingerprint density at radius 2 is 2.00 bits per heavy atom. The van der Waals surface area contributed by atoms with Crippen molar-refractivity contribution in [1.29, 1.82) is 0 Å². The smallest absolute Gasteiger partial charge is 0.0548 e. The minimum atomic E-state index is 0.581. The first-order valence-corrected chi connectivity index (χ1v) is 4.41. The Kier molecular flexibility index (Phi) is 1.01. The van der Waals surface area contributed by atoms with Crippen molar-refractivity contribution in [2.75, 3.05) is 0 Å². The Bertz CT molecular complexity index is 145. The van der Waals surface area contributed by atoms with Crippen molar-refractivity contribution >= 4 is 0 Å². The van der Waals surface area contributed by atoms with E-state index in [1.807, 2.05) is 0 Å². The van der Waals surface area contributed by atoms with Gasteiger partial charge in [0.25, 0.3) is 0 Å². The molecule has 0 nitrogen and oxygen atoms in total. The van der Waals surface area contributed by atoms with E-state index in [4.69, 9.17) is 0 Å². The summed E-state index contributed by atoms with van der Waals surface area (Å²) in [4.78, 5) is 0. The predicted molar refractivity (Wildman–Crippen MR) is 43.5 cm³/mol. The van der Waals surface area contributed by atoms with Gasteiger partial charge in [-0.1, -0.05) is 13.8 Å². The lowest BCUT2D eigenvalue weighted by Gasteiger charge is -2.27. The standard InChI is InChI=1S/C10H17/c1-9(2)8-4-6-10(9,3)7-5-8/h6,8H,4-5,7H2,1-3H3/q+1. The number of hydrogen-bond acceptors (Lipinski definition) is 0. The Labute approximate surface area is 64.0 Å². The third kappa shape index (κ3) is 0.514. The van der Waals surface area contributed by atoms with Gasteiger partial charge >= 0.3 is 0 Å². The highest BCUT2D eigenvalue weighted by Crippen LogP contribution is 2.64. The number of rotatable bonds is 0. The van der Waals surface area contributed by atoms with E-state index in [0.717, 1.165) is 5.92 Å². The van der Waals surface area contributed by atoms with Crippen molar-refractivity contribution in [1.82, 2.24) is 0 Å². The third-order valence-electron chi connectivity index (χ3n) is 4.36. The van der Waals surface area contributed by atoms with Gasteiger partial charge in [0.1, 0.15) is 5.41 Å². The van der Waals surface area contributed by atoms with E-state index in [9.17, 15) is 0 Å². The molecule has 2 unspecified atom stereocenters. The molecule has 0 radical (unpaired) electrons. The molecular formula is C10H17+. The number of hydrogen-bond donors (Lipinski definition) is 0. The zero-order valence-electron chi connectivity index (χ0n) is 7.28. The molecule has 0 heterocycles. The zero-order chi connectivity index (χ0) is 7.41. The molecule has 0 spiro atoms. The first-order valence-electron chi connectivity index (χ1n) is 4.41. The molecule has 0 aromatic heterocycles. The summed E-state index contributed by atoms with van der Waals surface area (Å²) in [5, 5.41) is 0. The first kappa shape index (κ1) is 6.57. The van der Waals surface area contributed by atoms with Crippen LogP contribution in [0.1, 0.15) is 40.0 Å². The molecule has 0 aromatic rings. The van der Waals surface area contributed by atoms with Gasteiger partial charge < -0.3 is 0 Å². The van der Waals surface area contributed by atoms with Crippen molar-refractivity contribution in [2.45, 2.75) is 40.0 Å². The van der Waals surface area contributed by atoms with E-state index in [2.05, 4.69) is 27.2 Å². The molecule has 0 aromatic carbocycles. The van der Waals surface area contributed by atoms with Gasteiger partial charge in [0, 0.05) is 11.3 Å². The molecule has 56 valence electrons. The summed E-state index contributed by atoms with van der Waals surface area (Å²) < 4.78 is 0. The summed E-state index contributed by atoms with van der Waals surface area (Å²) in [5.41, 5.74) is 1.19. The highest BCUT2D eigenvalue weighted by molar-refractivity contribution is 5.14. The molecule has 2 fully saturated rings. The predicted octanol–water partition coefficient (Wildman–Crippen LogP) is 3.04. The minimum Gasteiger partial charge on any atom is -0.0548 e. The van der Waals surface area contributed by atoms with Gasteiger partial charge in [-0.3, -0.25) is 0 Å². The summed E-state index contributed by atoms with van der Waals surface area (Å²) in [5.74, 6) is 0.998. The largest absolute Gasteiger partial charge is 0.110 e. The quantitative estimate of drug-likeness (QED) is 0.450. The average Bonchev–Trinajstić information content (AvgIpc) is 2.18. The van der Waals surface area contributed by atoms with Crippen molar-refractivity contribution in [3.05, 3.63) is 6.42 Å². The maximum absolute atomic E-state index is 2.56. The molecule has 0 saturated heterocycles. The zero-order valence-corrected chi connectivity index (χ0v) is 7.28. The molecule has 2 aliphatic rings. The summed E-state index contributed by atoms with van der Waals surface area (Å²) in [7, 11) is 0. The van der Waals surface area contributed by atoms with Gasteiger partial charge in [0.15, 0.2) is 0 Å². The Morgan fingerprint density at radius 1 is 1.30 bits per heavy atom. The van der Waals surface area contributed by atoms with Crippen LogP contribution in [0.15, 0.2) is 0 Å². The van der Waals surface area contributed by atoms with Crippen LogP contribution in [0.5, 0.6) is 0 Å². The van der Waals surface area contributed by atoms with Crippen molar-refractivity contribution in [2.24, 2.45) is 16.7 Å². The van der Waals surface area contributed by atoms with Crippen molar-refractivity contribution in [3.8, 4) is 0 Å². The summed E-state index contributed by atoms with van der Waals surface area (Å²) in [6, 6.07) is 0. The summed E-state index contributed by atoms with van der Waals surface area (Å²) in [6.07, 6.45) is 6.84. The van der Waals surface area contributed by atoms with Gasteiger partial charge in [-0.2, -0.15) is 0 Å². The second-order valence-electron chi connectivity index (χ2n) is 4.81. The average molecular weight is 137 g/mol. The molecule has 0 N–H and O–H groups in total. The maximum atomic E-state index is 2.56. The number of fused-ring (bicyclic) bond motifs is 2. The van der Waals surface area contributed by atoms with E-state index in [0.29, 0.717) is 10.8 Å². The molecule has 10 heavy (non-hydrogen) atoms. The highest BCUT2D eigenvalue weighted by atomic mass is 14.6. The van der Waals surface area contributed by atoms with Crippen molar-refractivity contribution in [3.63, 3.8) is 0 Å². The topological polar surface area (TPSA) is 0 Å². The fraction of sp³-hybridized carbons (Fsp3) is 0.900. The van der Waals surface area contributed by atoms with Gasteiger partial charge in [-0.05, 0) is 19.8 Å². The van der Waals surface area contributed by atoms with Crippen LogP contribution >= 0.6 is 0 Å². The fourth-order valence-electron chi connectivity index (χ4n) is 2.80. The molecule has 0 heteroatoms. The highest BCUT2D eigenvalue weighted by Gasteiger charge is 2.63. The van der Waals surface area contributed by atoms with Crippen LogP contribution in [-0.2, 0) is 0 Å². The maximum Gasteiger partial charge on any atom is 0.110 e.